The number of carboxylic acid groups (broad SMARTS) is 1. The molecule has 0 radical (unpaired) electrons. The molecule has 0 spiro atoms. The normalized spacial score (nSPS) is 12.6. The summed E-state index contributed by atoms with van der Waals surface area (Å²) in [5, 5.41) is 24.9. The number of carboxylic acids is 1. The van der Waals surface area contributed by atoms with Gasteiger partial charge in [0.15, 0.2) is 0 Å². The summed E-state index contributed by atoms with van der Waals surface area (Å²) < 4.78 is 0. The summed E-state index contributed by atoms with van der Waals surface area (Å²) in [5.41, 5.74) is 0. The van der Waals surface area contributed by atoms with Gasteiger partial charge < -0.3 is 10.2 Å². The van der Waals surface area contributed by atoms with Crippen LogP contribution in [0.4, 0.5) is 0 Å². The van der Waals surface area contributed by atoms with Crippen LogP contribution in [0.3, 0.4) is 0 Å². The van der Waals surface area contributed by atoms with Crippen molar-refractivity contribution in [3.05, 3.63) is 10.1 Å². The van der Waals surface area contributed by atoms with Gasteiger partial charge >= 0.3 is 12.2 Å². The fraction of sp³-hybridized carbons (Fsp3) is 0.500. The molecule has 0 aliphatic heterocycles. The smallest absolute Gasteiger partial charge is 0.410 e. The minimum Gasteiger partial charge on any atom is -0.474 e. The molecule has 0 aliphatic rings. The van der Waals surface area contributed by atoms with Crippen LogP contribution in [0, 0.1) is 10.1 Å². The first-order valence-corrected chi connectivity index (χ1v) is 1.60. The number of aliphatic hydroxyl groups is 1. The molecule has 2 N–H and O–H groups in total. The Morgan fingerprint density at radius 3 is 2.12 bits per heavy atom. The minimum absolute atomic E-state index is 1.30. The lowest BCUT2D eigenvalue weighted by Gasteiger charge is -1.91. The zero-order valence-corrected chi connectivity index (χ0v) is 3.64. The first-order chi connectivity index (χ1) is 3.55. The number of aliphatic carboxylic acids is 1. The van der Waals surface area contributed by atoms with Crippen LogP contribution in [0.1, 0.15) is 0 Å². The molecule has 46 valence electrons. The molecule has 0 fully saturated rings. The topological polar surface area (TPSA) is 101 Å². The minimum atomic E-state index is -2.49. The second-order valence-corrected chi connectivity index (χ2v) is 0.997. The van der Waals surface area contributed by atoms with Crippen LogP contribution in [0.5, 0.6) is 0 Å². The van der Waals surface area contributed by atoms with Gasteiger partial charge in [0.2, 0.25) is 0 Å². The number of aliphatic hydroxyl groups excluding tert-OH is 1. The summed E-state index contributed by atoms with van der Waals surface area (Å²) in [5.74, 6) is -1.85. The highest BCUT2D eigenvalue weighted by molar-refractivity contribution is 5.69. The average Bonchev–Trinajstić information content (AvgIpc) is 1.64. The van der Waals surface area contributed by atoms with E-state index < -0.39 is 17.1 Å². The Bertz CT molecular complexity index is 106. The van der Waals surface area contributed by atoms with E-state index in [2.05, 4.69) is 0 Å². The van der Waals surface area contributed by atoms with E-state index in [0.717, 1.165) is 0 Å². The summed E-state index contributed by atoms with van der Waals surface area (Å²) >= 11 is 0. The van der Waals surface area contributed by atoms with E-state index in [1.54, 1.807) is 0 Å². The van der Waals surface area contributed by atoms with Gasteiger partial charge in [-0.15, -0.1) is 0 Å². The third-order valence-corrected chi connectivity index (χ3v) is 0.421. The summed E-state index contributed by atoms with van der Waals surface area (Å²) in [7, 11) is 0. The van der Waals surface area contributed by atoms with Crippen molar-refractivity contribution >= 4 is 5.97 Å². The number of nitro groups is 1. The Hall–Kier alpha value is -1.17. The molecule has 1 atom stereocenters. The molecule has 0 aromatic heterocycles. The SMILES string of the molecule is O=C(O)C(O)[N+](=O)[O-]. The van der Waals surface area contributed by atoms with E-state index in [1.165, 1.54) is 0 Å². The lowest BCUT2D eigenvalue weighted by atomic mass is 10.6. The van der Waals surface area contributed by atoms with E-state index >= 15 is 0 Å². The van der Waals surface area contributed by atoms with Crippen molar-refractivity contribution in [2.45, 2.75) is 6.23 Å². The molecule has 0 heterocycles. The lowest BCUT2D eigenvalue weighted by molar-refractivity contribution is -0.555. The number of hydrogen-bond acceptors (Lipinski definition) is 4. The number of rotatable bonds is 2. The number of hydrogen-bond donors (Lipinski definition) is 2. The Balaban J connectivity index is 3.83. The van der Waals surface area contributed by atoms with Crippen molar-refractivity contribution in [2.24, 2.45) is 0 Å². The largest absolute Gasteiger partial charge is 0.474 e. The Morgan fingerprint density at radius 1 is 1.75 bits per heavy atom. The molecular formula is C2H3NO5. The predicted octanol–water partition coefficient (Wildman–Crippen LogP) is -1.33. The molecule has 0 aliphatic carbocycles. The second kappa shape index (κ2) is 2.22. The molecule has 0 saturated carbocycles. The van der Waals surface area contributed by atoms with E-state index in [0.29, 0.717) is 0 Å². The van der Waals surface area contributed by atoms with Gasteiger partial charge in [-0.1, -0.05) is 0 Å². The highest BCUT2D eigenvalue weighted by Crippen LogP contribution is 1.80. The quantitative estimate of drug-likeness (QED) is 0.267. The molecule has 0 rings (SSSR count). The van der Waals surface area contributed by atoms with Crippen LogP contribution < -0.4 is 0 Å². The lowest BCUT2D eigenvalue weighted by Crippen LogP contribution is -2.28. The van der Waals surface area contributed by atoms with Gasteiger partial charge in [0.1, 0.15) is 0 Å². The molecule has 6 nitrogen and oxygen atoms in total. The molecule has 6 heteroatoms. The first-order valence-electron chi connectivity index (χ1n) is 1.60. The summed E-state index contributed by atoms with van der Waals surface area (Å²) in [6, 6.07) is 0. The standard InChI is InChI=1S/C2H3NO5/c4-1(2(5)6)3(7)8/h1,4H,(H,5,6). The zero-order valence-electron chi connectivity index (χ0n) is 3.64. The Morgan fingerprint density at radius 2 is 2.12 bits per heavy atom. The van der Waals surface area contributed by atoms with E-state index in [4.69, 9.17) is 10.2 Å². The van der Waals surface area contributed by atoms with Crippen LogP contribution in [0.15, 0.2) is 0 Å². The molecule has 0 amide bonds. The van der Waals surface area contributed by atoms with Gasteiger partial charge in [0, 0.05) is 0 Å². The van der Waals surface area contributed by atoms with Crippen LogP contribution in [0.25, 0.3) is 0 Å². The van der Waals surface area contributed by atoms with Crippen molar-refractivity contribution in [2.75, 3.05) is 0 Å². The molecule has 0 bridgehead atoms. The summed E-state index contributed by atoms with van der Waals surface area (Å²) in [6.07, 6.45) is -2.49. The van der Waals surface area contributed by atoms with Gasteiger partial charge in [-0.05, 0) is 0 Å². The van der Waals surface area contributed by atoms with Crippen LogP contribution >= 0.6 is 0 Å². The molecule has 8 heavy (non-hydrogen) atoms. The summed E-state index contributed by atoms with van der Waals surface area (Å²) in [6.45, 7) is 0. The van der Waals surface area contributed by atoms with Crippen molar-refractivity contribution in [3.8, 4) is 0 Å². The molecular weight excluding hydrogens is 118 g/mol. The zero-order chi connectivity index (χ0) is 6.73. The van der Waals surface area contributed by atoms with Gasteiger partial charge in [0.25, 0.3) is 0 Å². The number of nitrogens with zero attached hydrogens (tertiary/aromatic N) is 1. The van der Waals surface area contributed by atoms with Crippen molar-refractivity contribution in [1.29, 1.82) is 0 Å². The third kappa shape index (κ3) is 1.52. The van der Waals surface area contributed by atoms with Gasteiger partial charge in [-0.2, -0.15) is 0 Å². The summed E-state index contributed by atoms with van der Waals surface area (Å²) in [4.78, 5) is 17.5. The van der Waals surface area contributed by atoms with E-state index in [1.807, 2.05) is 0 Å². The molecule has 1 unspecified atom stereocenters. The molecule has 0 saturated heterocycles. The average molecular weight is 121 g/mol. The van der Waals surface area contributed by atoms with Gasteiger partial charge in [0.05, 0.1) is 4.92 Å². The highest BCUT2D eigenvalue weighted by Gasteiger charge is 2.24. The first kappa shape index (κ1) is 6.83. The third-order valence-electron chi connectivity index (χ3n) is 0.421. The van der Waals surface area contributed by atoms with Crippen molar-refractivity contribution < 1.29 is 19.9 Å². The molecule has 0 aromatic carbocycles. The van der Waals surface area contributed by atoms with Crippen LogP contribution in [0.2, 0.25) is 0 Å². The maximum atomic E-state index is 9.45. The van der Waals surface area contributed by atoms with Crippen LogP contribution in [-0.4, -0.2) is 27.3 Å². The number of carbonyl (C=O) groups is 1. The van der Waals surface area contributed by atoms with Crippen molar-refractivity contribution in [1.82, 2.24) is 0 Å². The molecule has 0 aromatic rings. The van der Waals surface area contributed by atoms with Crippen molar-refractivity contribution in [3.63, 3.8) is 0 Å². The monoisotopic (exact) mass is 121 g/mol. The van der Waals surface area contributed by atoms with Crippen LogP contribution in [-0.2, 0) is 4.79 Å². The Labute approximate surface area is 43.5 Å². The fourth-order valence-corrected chi connectivity index (χ4v) is 0.0902. The van der Waals surface area contributed by atoms with Gasteiger partial charge in [-0.25, -0.2) is 4.79 Å². The van der Waals surface area contributed by atoms with E-state index in [-0.39, 0.29) is 0 Å². The fourth-order valence-electron chi connectivity index (χ4n) is 0.0902. The maximum Gasteiger partial charge on any atom is 0.410 e. The second-order valence-electron chi connectivity index (χ2n) is 0.997. The van der Waals surface area contributed by atoms with E-state index in [9.17, 15) is 14.9 Å². The maximum absolute atomic E-state index is 9.45. The Kier molecular flexibility index (Phi) is 1.89. The van der Waals surface area contributed by atoms with Gasteiger partial charge in [-0.3, -0.25) is 10.1 Å². The predicted molar refractivity (Wildman–Crippen MR) is 20.6 cm³/mol. The highest BCUT2D eigenvalue weighted by atomic mass is 16.7.